The van der Waals surface area contributed by atoms with E-state index in [-0.39, 0.29) is 5.41 Å². The number of hydrogen-bond acceptors (Lipinski definition) is 2. The van der Waals surface area contributed by atoms with E-state index in [1.807, 2.05) is 6.92 Å². The number of thiazole rings is 1. The molecule has 0 radical (unpaired) electrons. The summed E-state index contributed by atoms with van der Waals surface area (Å²) in [7, 11) is 0. The van der Waals surface area contributed by atoms with Gasteiger partial charge in [-0.25, -0.2) is 4.98 Å². The highest BCUT2D eigenvalue weighted by atomic mass is 35.5. The standard InChI is InChI=1S/C8H12ClNS/c1-5-10-6(7(9)11-5)8(2,3)4/h1-4H3. The fourth-order valence-electron chi connectivity index (χ4n) is 0.865. The van der Waals surface area contributed by atoms with Crippen LogP contribution in [0.25, 0.3) is 0 Å². The molecule has 0 aliphatic carbocycles. The quantitative estimate of drug-likeness (QED) is 0.610. The van der Waals surface area contributed by atoms with Crippen LogP contribution in [0.5, 0.6) is 0 Å². The van der Waals surface area contributed by atoms with Gasteiger partial charge in [0, 0.05) is 5.41 Å². The van der Waals surface area contributed by atoms with Crippen molar-refractivity contribution in [1.29, 1.82) is 0 Å². The van der Waals surface area contributed by atoms with Crippen molar-refractivity contribution in [3.05, 3.63) is 15.0 Å². The molecule has 1 aromatic heterocycles. The monoisotopic (exact) mass is 189 g/mol. The molecule has 0 saturated heterocycles. The Morgan fingerprint density at radius 1 is 1.36 bits per heavy atom. The average Bonchev–Trinajstić information content (AvgIpc) is 2.08. The molecular formula is C8H12ClNS. The van der Waals surface area contributed by atoms with Crippen LogP contribution in [0.4, 0.5) is 0 Å². The van der Waals surface area contributed by atoms with Gasteiger partial charge in [-0.15, -0.1) is 11.3 Å². The maximum atomic E-state index is 5.99. The van der Waals surface area contributed by atoms with E-state index in [2.05, 4.69) is 25.8 Å². The van der Waals surface area contributed by atoms with Crippen molar-refractivity contribution in [2.24, 2.45) is 0 Å². The highest BCUT2D eigenvalue weighted by molar-refractivity contribution is 7.15. The van der Waals surface area contributed by atoms with Crippen LogP contribution < -0.4 is 0 Å². The lowest BCUT2D eigenvalue weighted by Gasteiger charge is -2.15. The Bertz CT molecular complexity index is 260. The third-order valence-corrected chi connectivity index (χ3v) is 2.57. The van der Waals surface area contributed by atoms with Crippen LogP contribution in [0.2, 0.25) is 4.34 Å². The maximum Gasteiger partial charge on any atom is 0.117 e. The van der Waals surface area contributed by atoms with Crippen LogP contribution in [0.1, 0.15) is 31.5 Å². The summed E-state index contributed by atoms with van der Waals surface area (Å²) >= 11 is 7.54. The molecule has 1 rings (SSSR count). The van der Waals surface area contributed by atoms with E-state index in [4.69, 9.17) is 11.6 Å². The lowest BCUT2D eigenvalue weighted by molar-refractivity contribution is 0.572. The molecule has 0 aliphatic heterocycles. The number of aryl methyl sites for hydroxylation is 1. The molecule has 0 amide bonds. The van der Waals surface area contributed by atoms with E-state index in [0.29, 0.717) is 0 Å². The Kier molecular flexibility index (Phi) is 2.26. The second-order valence-electron chi connectivity index (χ2n) is 3.61. The van der Waals surface area contributed by atoms with Gasteiger partial charge >= 0.3 is 0 Å². The van der Waals surface area contributed by atoms with Crippen molar-refractivity contribution < 1.29 is 0 Å². The number of aromatic nitrogens is 1. The van der Waals surface area contributed by atoms with Crippen LogP contribution >= 0.6 is 22.9 Å². The van der Waals surface area contributed by atoms with Gasteiger partial charge in [-0.05, 0) is 6.92 Å². The van der Waals surface area contributed by atoms with E-state index in [9.17, 15) is 0 Å². The highest BCUT2D eigenvalue weighted by Crippen LogP contribution is 2.32. The fraction of sp³-hybridized carbons (Fsp3) is 0.625. The topological polar surface area (TPSA) is 12.9 Å². The molecule has 1 nitrogen and oxygen atoms in total. The van der Waals surface area contributed by atoms with Gasteiger partial charge in [-0.2, -0.15) is 0 Å². The Labute approximate surface area is 76.4 Å². The summed E-state index contributed by atoms with van der Waals surface area (Å²) in [6, 6.07) is 0. The van der Waals surface area contributed by atoms with Crippen LogP contribution in [-0.2, 0) is 5.41 Å². The molecule has 0 unspecified atom stereocenters. The van der Waals surface area contributed by atoms with Crippen molar-refractivity contribution in [2.75, 3.05) is 0 Å². The zero-order valence-corrected chi connectivity index (χ0v) is 8.81. The molecule has 0 fully saturated rings. The third kappa shape index (κ3) is 1.94. The lowest BCUT2D eigenvalue weighted by Crippen LogP contribution is -2.12. The predicted molar refractivity (Wildman–Crippen MR) is 50.6 cm³/mol. The largest absolute Gasteiger partial charge is 0.244 e. The summed E-state index contributed by atoms with van der Waals surface area (Å²) in [4.78, 5) is 4.37. The highest BCUT2D eigenvalue weighted by Gasteiger charge is 2.20. The molecule has 0 aliphatic rings. The molecule has 0 aromatic carbocycles. The maximum absolute atomic E-state index is 5.99. The van der Waals surface area contributed by atoms with Gasteiger partial charge in [-0.1, -0.05) is 32.4 Å². The molecule has 0 bridgehead atoms. The van der Waals surface area contributed by atoms with E-state index < -0.39 is 0 Å². The minimum Gasteiger partial charge on any atom is -0.244 e. The van der Waals surface area contributed by atoms with Gasteiger partial charge in [0.05, 0.1) is 10.7 Å². The number of halogens is 1. The average molecular weight is 190 g/mol. The lowest BCUT2D eigenvalue weighted by atomic mass is 9.93. The molecule has 1 aromatic rings. The van der Waals surface area contributed by atoms with E-state index in [1.54, 1.807) is 11.3 Å². The van der Waals surface area contributed by atoms with E-state index in [1.165, 1.54) is 0 Å². The number of hydrogen-bond donors (Lipinski definition) is 0. The fourth-order valence-corrected chi connectivity index (χ4v) is 2.37. The first-order valence-electron chi connectivity index (χ1n) is 3.54. The zero-order chi connectivity index (χ0) is 8.65. The minimum absolute atomic E-state index is 0.0713. The predicted octanol–water partition coefficient (Wildman–Crippen LogP) is 3.40. The molecule has 3 heteroatoms. The molecule has 0 saturated carbocycles. The Hall–Kier alpha value is -0.0800. The second kappa shape index (κ2) is 2.76. The summed E-state index contributed by atoms with van der Waals surface area (Å²) in [5.41, 5.74) is 1.09. The summed E-state index contributed by atoms with van der Waals surface area (Å²) in [6.07, 6.45) is 0. The van der Waals surface area contributed by atoms with Crippen molar-refractivity contribution in [2.45, 2.75) is 33.1 Å². The normalized spacial score (nSPS) is 12.1. The van der Waals surface area contributed by atoms with Gasteiger partial charge in [0.1, 0.15) is 4.34 Å². The molecule has 1 heterocycles. The van der Waals surface area contributed by atoms with Gasteiger partial charge < -0.3 is 0 Å². The van der Waals surface area contributed by atoms with Crippen molar-refractivity contribution >= 4 is 22.9 Å². The Balaban J connectivity index is 3.13. The van der Waals surface area contributed by atoms with Gasteiger partial charge in [0.2, 0.25) is 0 Å². The van der Waals surface area contributed by atoms with E-state index >= 15 is 0 Å². The Morgan fingerprint density at radius 2 is 1.91 bits per heavy atom. The SMILES string of the molecule is Cc1nc(C(C)(C)C)c(Cl)s1. The van der Waals surface area contributed by atoms with Crippen molar-refractivity contribution in [1.82, 2.24) is 4.98 Å². The minimum atomic E-state index is 0.0713. The molecule has 11 heavy (non-hydrogen) atoms. The van der Waals surface area contributed by atoms with Crippen LogP contribution in [0, 0.1) is 6.92 Å². The van der Waals surface area contributed by atoms with Crippen LogP contribution in [0.15, 0.2) is 0 Å². The van der Waals surface area contributed by atoms with Crippen LogP contribution in [0.3, 0.4) is 0 Å². The van der Waals surface area contributed by atoms with Gasteiger partial charge in [0.25, 0.3) is 0 Å². The molecule has 0 atom stereocenters. The first-order chi connectivity index (χ1) is 4.91. The summed E-state index contributed by atoms with van der Waals surface area (Å²) in [5.74, 6) is 0. The molecular weight excluding hydrogens is 178 g/mol. The second-order valence-corrected chi connectivity index (χ2v) is 5.41. The van der Waals surface area contributed by atoms with E-state index in [0.717, 1.165) is 15.0 Å². The Morgan fingerprint density at radius 3 is 2.09 bits per heavy atom. The number of rotatable bonds is 0. The van der Waals surface area contributed by atoms with Gasteiger partial charge in [-0.3, -0.25) is 0 Å². The summed E-state index contributed by atoms with van der Waals surface area (Å²) in [5, 5.41) is 1.04. The van der Waals surface area contributed by atoms with Crippen LogP contribution in [-0.4, -0.2) is 4.98 Å². The molecule has 62 valence electrons. The zero-order valence-electron chi connectivity index (χ0n) is 7.23. The molecule has 0 N–H and O–H groups in total. The third-order valence-electron chi connectivity index (χ3n) is 1.40. The first kappa shape index (κ1) is 9.01. The first-order valence-corrected chi connectivity index (χ1v) is 4.74. The van der Waals surface area contributed by atoms with Gasteiger partial charge in [0.15, 0.2) is 0 Å². The van der Waals surface area contributed by atoms with Crippen molar-refractivity contribution in [3.8, 4) is 0 Å². The smallest absolute Gasteiger partial charge is 0.117 e. The summed E-state index contributed by atoms with van der Waals surface area (Å²) in [6.45, 7) is 8.33. The molecule has 0 spiro atoms. The number of nitrogens with zero attached hydrogens (tertiary/aromatic N) is 1. The summed E-state index contributed by atoms with van der Waals surface area (Å²) < 4.78 is 0.829. The van der Waals surface area contributed by atoms with Crippen molar-refractivity contribution in [3.63, 3.8) is 0 Å².